The molecule has 114 valence electrons. The molecule has 0 saturated carbocycles. The van der Waals surface area contributed by atoms with Gasteiger partial charge in [0.05, 0.1) is 23.5 Å². The Kier molecular flexibility index (Phi) is 4.87. The Morgan fingerprint density at radius 1 is 1.48 bits per heavy atom. The number of sulfonamides is 1. The Hall–Kier alpha value is -1.16. The summed E-state index contributed by atoms with van der Waals surface area (Å²) >= 11 is 8.91. The van der Waals surface area contributed by atoms with Crippen LogP contribution in [0.5, 0.6) is 0 Å². The highest BCUT2D eigenvalue weighted by molar-refractivity contribution is 9.10. The van der Waals surface area contributed by atoms with Gasteiger partial charge in [0.15, 0.2) is 0 Å². The molecule has 0 aliphatic rings. The third kappa shape index (κ3) is 3.73. The Labute approximate surface area is 134 Å². The number of nitrogens with zero attached hydrogens (tertiary/aromatic N) is 2. The predicted molar refractivity (Wildman–Crippen MR) is 81.2 cm³/mol. The fourth-order valence-corrected chi connectivity index (χ4v) is 3.71. The molecule has 0 bridgehead atoms. The Bertz CT molecular complexity index is 742. The normalized spacial score (nSPS) is 11.6. The average Bonchev–Trinajstić information content (AvgIpc) is 2.84. The molecule has 0 saturated heterocycles. The summed E-state index contributed by atoms with van der Waals surface area (Å²) in [5.74, 6) is -0.578. The predicted octanol–water partition coefficient (Wildman–Crippen LogP) is 2.20. The van der Waals surface area contributed by atoms with Gasteiger partial charge in [-0.3, -0.25) is 9.40 Å². The van der Waals surface area contributed by atoms with Gasteiger partial charge < -0.3 is 5.73 Å². The van der Waals surface area contributed by atoms with Crippen molar-refractivity contribution in [2.45, 2.75) is 11.4 Å². The van der Waals surface area contributed by atoms with Crippen LogP contribution in [0.4, 0.5) is 10.1 Å². The molecular weight excluding hydrogens is 387 g/mol. The summed E-state index contributed by atoms with van der Waals surface area (Å²) in [6.07, 6.45) is 2.55. The molecule has 0 fully saturated rings. The third-order valence-electron chi connectivity index (χ3n) is 2.52. The van der Waals surface area contributed by atoms with Crippen LogP contribution in [-0.2, 0) is 16.6 Å². The van der Waals surface area contributed by atoms with Gasteiger partial charge in [-0.05, 0) is 28.1 Å². The Morgan fingerprint density at radius 2 is 2.19 bits per heavy atom. The molecule has 2 rings (SSSR count). The van der Waals surface area contributed by atoms with Crippen LogP contribution in [0.1, 0.15) is 0 Å². The molecule has 1 aromatic heterocycles. The lowest BCUT2D eigenvalue weighted by Gasteiger charge is -2.10. The van der Waals surface area contributed by atoms with Crippen molar-refractivity contribution >= 4 is 43.2 Å². The van der Waals surface area contributed by atoms with Crippen molar-refractivity contribution in [1.82, 2.24) is 9.78 Å². The molecule has 0 atom stereocenters. The summed E-state index contributed by atoms with van der Waals surface area (Å²) in [4.78, 5) is -0.0387. The van der Waals surface area contributed by atoms with E-state index in [0.29, 0.717) is 13.1 Å². The summed E-state index contributed by atoms with van der Waals surface area (Å²) in [5.41, 5.74) is 5.43. The van der Waals surface area contributed by atoms with Crippen molar-refractivity contribution in [2.24, 2.45) is 5.73 Å². The van der Waals surface area contributed by atoms with Crippen LogP contribution < -0.4 is 10.5 Å². The maximum atomic E-state index is 13.1. The minimum atomic E-state index is -3.88. The lowest BCUT2D eigenvalue weighted by atomic mass is 10.3. The number of nitrogens with one attached hydrogen (secondary N) is 1. The molecule has 0 unspecified atom stereocenters. The van der Waals surface area contributed by atoms with Gasteiger partial charge in [0.1, 0.15) is 10.7 Å². The van der Waals surface area contributed by atoms with Gasteiger partial charge in [-0.15, -0.1) is 0 Å². The van der Waals surface area contributed by atoms with Gasteiger partial charge >= 0.3 is 0 Å². The SMILES string of the molecule is NCCn1cc(S(=O)(=O)Nc2c(Cl)cc(F)cc2Br)cn1. The molecule has 0 spiro atoms. The number of nitrogens with two attached hydrogens (primary N) is 1. The highest BCUT2D eigenvalue weighted by atomic mass is 79.9. The monoisotopic (exact) mass is 396 g/mol. The zero-order valence-corrected chi connectivity index (χ0v) is 13.7. The second-order valence-electron chi connectivity index (χ2n) is 4.08. The standard InChI is InChI=1S/C11H11BrClFN4O2S/c12-9-3-7(14)4-10(13)11(9)17-21(19,20)8-5-16-18(6-8)2-1-15/h3-6,17H,1-2,15H2. The Balaban J connectivity index is 2.33. The van der Waals surface area contributed by atoms with Gasteiger partial charge in [-0.2, -0.15) is 5.10 Å². The van der Waals surface area contributed by atoms with Crippen LogP contribution in [-0.4, -0.2) is 24.7 Å². The quantitative estimate of drug-likeness (QED) is 0.809. The van der Waals surface area contributed by atoms with E-state index in [0.717, 1.165) is 12.1 Å². The number of anilines is 1. The molecule has 21 heavy (non-hydrogen) atoms. The van der Waals surface area contributed by atoms with Crippen LogP contribution in [0.2, 0.25) is 5.02 Å². The van der Waals surface area contributed by atoms with Crippen molar-refractivity contribution in [3.05, 3.63) is 39.8 Å². The average molecular weight is 398 g/mol. The van der Waals surface area contributed by atoms with Crippen molar-refractivity contribution in [3.63, 3.8) is 0 Å². The van der Waals surface area contributed by atoms with Crippen molar-refractivity contribution in [3.8, 4) is 0 Å². The zero-order chi connectivity index (χ0) is 15.6. The summed E-state index contributed by atoms with van der Waals surface area (Å²) in [5, 5.41) is 3.83. The largest absolute Gasteiger partial charge is 0.329 e. The number of hydrogen-bond donors (Lipinski definition) is 2. The molecule has 3 N–H and O–H groups in total. The maximum absolute atomic E-state index is 13.1. The first-order chi connectivity index (χ1) is 9.83. The van der Waals surface area contributed by atoms with Crippen molar-refractivity contribution in [2.75, 3.05) is 11.3 Å². The molecule has 0 radical (unpaired) electrons. The molecule has 0 aliphatic carbocycles. The minimum Gasteiger partial charge on any atom is -0.329 e. The highest BCUT2D eigenvalue weighted by Gasteiger charge is 2.20. The molecule has 2 aromatic rings. The van der Waals surface area contributed by atoms with Crippen LogP contribution in [0.25, 0.3) is 0 Å². The molecular formula is C11H11BrClFN4O2S. The summed E-state index contributed by atoms with van der Waals surface area (Å²) in [7, 11) is -3.88. The molecule has 1 heterocycles. The van der Waals surface area contributed by atoms with Gasteiger partial charge in [-0.25, -0.2) is 12.8 Å². The minimum absolute atomic E-state index is 0.0387. The fraction of sp³-hybridized carbons (Fsp3) is 0.182. The van der Waals surface area contributed by atoms with Crippen LogP contribution >= 0.6 is 27.5 Å². The first kappa shape index (κ1) is 16.2. The van der Waals surface area contributed by atoms with E-state index in [1.807, 2.05) is 0 Å². The van der Waals surface area contributed by atoms with Crippen molar-refractivity contribution < 1.29 is 12.8 Å². The maximum Gasteiger partial charge on any atom is 0.265 e. The summed E-state index contributed by atoms with van der Waals surface area (Å²) in [6.45, 7) is 0.737. The Morgan fingerprint density at radius 3 is 2.81 bits per heavy atom. The lowest BCUT2D eigenvalue weighted by Crippen LogP contribution is -2.14. The highest BCUT2D eigenvalue weighted by Crippen LogP contribution is 2.33. The lowest BCUT2D eigenvalue weighted by molar-refractivity contribution is 0.599. The topological polar surface area (TPSA) is 90.0 Å². The first-order valence-corrected chi connectivity index (χ1v) is 8.39. The second kappa shape index (κ2) is 6.30. The first-order valence-electron chi connectivity index (χ1n) is 5.73. The van der Waals surface area contributed by atoms with Gasteiger partial charge in [0.2, 0.25) is 0 Å². The summed E-state index contributed by atoms with van der Waals surface area (Å²) in [6, 6.07) is 2.13. The van der Waals surface area contributed by atoms with E-state index in [9.17, 15) is 12.8 Å². The second-order valence-corrected chi connectivity index (χ2v) is 7.02. The van der Waals surface area contributed by atoms with Crippen LogP contribution in [0, 0.1) is 5.82 Å². The number of rotatable bonds is 5. The third-order valence-corrected chi connectivity index (χ3v) is 4.75. The fourth-order valence-electron chi connectivity index (χ4n) is 1.57. The molecule has 6 nitrogen and oxygen atoms in total. The zero-order valence-electron chi connectivity index (χ0n) is 10.6. The summed E-state index contributed by atoms with van der Waals surface area (Å²) < 4.78 is 41.5. The van der Waals surface area contributed by atoms with Crippen LogP contribution in [0.15, 0.2) is 33.9 Å². The smallest absolute Gasteiger partial charge is 0.265 e. The number of halogens is 3. The van der Waals surface area contributed by atoms with E-state index in [4.69, 9.17) is 17.3 Å². The number of benzene rings is 1. The molecule has 0 amide bonds. The molecule has 1 aromatic carbocycles. The van der Waals surface area contributed by atoms with Gasteiger partial charge in [-0.1, -0.05) is 11.6 Å². The van der Waals surface area contributed by atoms with E-state index < -0.39 is 15.8 Å². The van der Waals surface area contributed by atoms with Gasteiger partial charge in [0, 0.05) is 17.2 Å². The number of aromatic nitrogens is 2. The van der Waals surface area contributed by atoms with Crippen molar-refractivity contribution in [1.29, 1.82) is 0 Å². The van der Waals surface area contributed by atoms with E-state index in [-0.39, 0.29) is 20.1 Å². The van der Waals surface area contributed by atoms with Gasteiger partial charge in [0.25, 0.3) is 10.0 Å². The molecule has 10 heteroatoms. The van der Waals surface area contributed by atoms with E-state index in [2.05, 4.69) is 25.8 Å². The molecule has 0 aliphatic heterocycles. The number of hydrogen-bond acceptors (Lipinski definition) is 4. The van der Waals surface area contributed by atoms with E-state index >= 15 is 0 Å². The van der Waals surface area contributed by atoms with E-state index in [1.165, 1.54) is 17.1 Å². The van der Waals surface area contributed by atoms with Crippen LogP contribution in [0.3, 0.4) is 0 Å². The van der Waals surface area contributed by atoms with E-state index in [1.54, 1.807) is 0 Å².